The van der Waals surface area contributed by atoms with Gasteiger partial charge in [0.15, 0.2) is 0 Å². The highest BCUT2D eigenvalue weighted by molar-refractivity contribution is 9.10. The fraction of sp³-hybridized carbons (Fsp3) is 0.0833. The first-order chi connectivity index (χ1) is 7.75. The highest BCUT2D eigenvalue weighted by Crippen LogP contribution is 2.19. The third kappa shape index (κ3) is 2.73. The number of nitrogen functional groups attached to an aromatic ring is 1. The van der Waals surface area contributed by atoms with Crippen LogP contribution >= 0.6 is 15.9 Å². The normalized spacial score (nSPS) is 10.1. The number of hydrogen-bond donors (Lipinski definition) is 2. The minimum absolute atomic E-state index is 0.732. The summed E-state index contributed by atoms with van der Waals surface area (Å²) in [5.41, 5.74) is 7.57. The number of anilines is 2. The lowest BCUT2D eigenvalue weighted by Crippen LogP contribution is -2.01. The number of nitrogens with two attached hydrogens (primary N) is 1. The number of rotatable bonds is 3. The van der Waals surface area contributed by atoms with Crippen LogP contribution in [0.4, 0.5) is 11.5 Å². The highest BCUT2D eigenvalue weighted by Gasteiger charge is 1.99. The molecule has 0 atom stereocenters. The monoisotopic (exact) mass is 277 g/mol. The standard InChI is InChI=1S/C12H12BrN3/c13-11-2-1-7-15-12(11)16-8-9-3-5-10(14)6-4-9/h1-7H,8,14H2,(H,15,16). The van der Waals surface area contributed by atoms with Gasteiger partial charge in [-0.15, -0.1) is 0 Å². The summed E-state index contributed by atoms with van der Waals surface area (Å²) < 4.78 is 0.963. The van der Waals surface area contributed by atoms with Crippen LogP contribution in [0.1, 0.15) is 5.56 Å². The molecular weight excluding hydrogens is 266 g/mol. The lowest BCUT2D eigenvalue weighted by atomic mass is 10.2. The van der Waals surface area contributed by atoms with E-state index < -0.39 is 0 Å². The molecule has 0 saturated heterocycles. The van der Waals surface area contributed by atoms with E-state index in [1.807, 2.05) is 36.4 Å². The second kappa shape index (κ2) is 4.99. The number of aromatic nitrogens is 1. The van der Waals surface area contributed by atoms with Crippen LogP contribution in [0, 0.1) is 0 Å². The van der Waals surface area contributed by atoms with Crippen molar-refractivity contribution in [1.82, 2.24) is 4.98 Å². The van der Waals surface area contributed by atoms with Crippen LogP contribution in [0.25, 0.3) is 0 Å². The summed E-state index contributed by atoms with van der Waals surface area (Å²) in [5.74, 6) is 0.847. The predicted octanol–water partition coefficient (Wildman–Crippen LogP) is 3.04. The van der Waals surface area contributed by atoms with Crippen LogP contribution in [-0.4, -0.2) is 4.98 Å². The Hall–Kier alpha value is -1.55. The minimum Gasteiger partial charge on any atom is -0.399 e. The first kappa shape index (κ1) is 11.0. The van der Waals surface area contributed by atoms with Gasteiger partial charge < -0.3 is 11.1 Å². The van der Waals surface area contributed by atoms with Gasteiger partial charge in [-0.3, -0.25) is 0 Å². The fourth-order valence-corrected chi connectivity index (χ4v) is 1.73. The van der Waals surface area contributed by atoms with Gasteiger partial charge in [0.1, 0.15) is 5.82 Å². The van der Waals surface area contributed by atoms with E-state index in [1.165, 1.54) is 5.56 Å². The molecule has 0 fully saturated rings. The van der Waals surface area contributed by atoms with Crippen LogP contribution in [0.3, 0.4) is 0 Å². The number of nitrogens with one attached hydrogen (secondary N) is 1. The topological polar surface area (TPSA) is 50.9 Å². The van der Waals surface area contributed by atoms with Gasteiger partial charge >= 0.3 is 0 Å². The summed E-state index contributed by atoms with van der Waals surface area (Å²) >= 11 is 3.44. The molecule has 0 spiro atoms. The molecule has 0 radical (unpaired) electrons. The maximum atomic E-state index is 5.62. The smallest absolute Gasteiger partial charge is 0.140 e. The Kier molecular flexibility index (Phi) is 3.41. The Labute approximate surface area is 103 Å². The van der Waals surface area contributed by atoms with Crippen molar-refractivity contribution in [2.45, 2.75) is 6.54 Å². The zero-order valence-corrected chi connectivity index (χ0v) is 10.2. The average molecular weight is 278 g/mol. The second-order valence-electron chi connectivity index (χ2n) is 3.43. The summed E-state index contributed by atoms with van der Waals surface area (Å²) in [5, 5.41) is 3.25. The Morgan fingerprint density at radius 1 is 1.19 bits per heavy atom. The molecule has 82 valence electrons. The minimum atomic E-state index is 0.732. The average Bonchev–Trinajstić information content (AvgIpc) is 2.30. The van der Waals surface area contributed by atoms with Crippen LogP contribution in [0.5, 0.6) is 0 Å². The highest BCUT2D eigenvalue weighted by atomic mass is 79.9. The van der Waals surface area contributed by atoms with Crippen molar-refractivity contribution in [3.63, 3.8) is 0 Å². The molecule has 2 aromatic rings. The molecule has 1 aromatic heterocycles. The third-order valence-electron chi connectivity index (χ3n) is 2.20. The Balaban J connectivity index is 2.02. The molecule has 3 nitrogen and oxygen atoms in total. The molecular formula is C12H12BrN3. The predicted molar refractivity (Wildman–Crippen MR) is 70.1 cm³/mol. The third-order valence-corrected chi connectivity index (χ3v) is 2.84. The van der Waals surface area contributed by atoms with E-state index in [4.69, 9.17) is 5.73 Å². The first-order valence-electron chi connectivity index (χ1n) is 4.94. The van der Waals surface area contributed by atoms with E-state index in [0.29, 0.717) is 0 Å². The summed E-state index contributed by atoms with van der Waals surface area (Å²) in [6.07, 6.45) is 1.76. The summed E-state index contributed by atoms with van der Waals surface area (Å²) in [4.78, 5) is 4.23. The largest absolute Gasteiger partial charge is 0.399 e. The number of pyridine rings is 1. The number of benzene rings is 1. The van der Waals surface area contributed by atoms with Gasteiger partial charge in [0.05, 0.1) is 4.47 Å². The van der Waals surface area contributed by atoms with Crippen LogP contribution in [0.15, 0.2) is 47.1 Å². The molecule has 16 heavy (non-hydrogen) atoms. The van der Waals surface area contributed by atoms with Crippen LogP contribution in [-0.2, 0) is 6.54 Å². The lowest BCUT2D eigenvalue weighted by Gasteiger charge is -2.07. The Morgan fingerprint density at radius 2 is 1.94 bits per heavy atom. The van der Waals surface area contributed by atoms with E-state index in [-0.39, 0.29) is 0 Å². The molecule has 0 saturated carbocycles. The van der Waals surface area contributed by atoms with Gasteiger partial charge in [0.2, 0.25) is 0 Å². The van der Waals surface area contributed by atoms with E-state index in [0.717, 1.165) is 22.5 Å². The molecule has 0 bridgehead atoms. The molecule has 3 N–H and O–H groups in total. The molecule has 1 aromatic carbocycles. The van der Waals surface area contributed by atoms with Gasteiger partial charge in [-0.2, -0.15) is 0 Å². The maximum Gasteiger partial charge on any atom is 0.140 e. The fourth-order valence-electron chi connectivity index (χ4n) is 1.34. The molecule has 0 amide bonds. The van der Waals surface area contributed by atoms with Crippen LogP contribution in [0.2, 0.25) is 0 Å². The van der Waals surface area contributed by atoms with Crippen molar-refractivity contribution in [2.24, 2.45) is 0 Å². The lowest BCUT2D eigenvalue weighted by molar-refractivity contribution is 1.11. The van der Waals surface area contributed by atoms with Crippen molar-refractivity contribution in [1.29, 1.82) is 0 Å². The van der Waals surface area contributed by atoms with Crippen molar-refractivity contribution < 1.29 is 0 Å². The van der Waals surface area contributed by atoms with Crippen molar-refractivity contribution in [2.75, 3.05) is 11.1 Å². The van der Waals surface area contributed by atoms with Crippen molar-refractivity contribution >= 4 is 27.4 Å². The zero-order valence-electron chi connectivity index (χ0n) is 8.65. The van der Waals surface area contributed by atoms with E-state index in [9.17, 15) is 0 Å². The van der Waals surface area contributed by atoms with E-state index >= 15 is 0 Å². The maximum absolute atomic E-state index is 5.62. The summed E-state index contributed by atoms with van der Waals surface area (Å²) in [6, 6.07) is 11.6. The molecule has 4 heteroatoms. The van der Waals surface area contributed by atoms with Crippen molar-refractivity contribution in [3.05, 3.63) is 52.6 Å². The Bertz CT molecular complexity index is 468. The van der Waals surface area contributed by atoms with Crippen molar-refractivity contribution in [3.8, 4) is 0 Å². The molecule has 0 unspecified atom stereocenters. The van der Waals surface area contributed by atoms with Gasteiger partial charge in [-0.25, -0.2) is 4.98 Å². The summed E-state index contributed by atoms with van der Waals surface area (Å²) in [7, 11) is 0. The van der Waals surface area contributed by atoms with Gasteiger partial charge in [0, 0.05) is 18.4 Å². The zero-order chi connectivity index (χ0) is 11.4. The molecule has 0 aliphatic carbocycles. The van der Waals surface area contributed by atoms with Gasteiger partial charge in [-0.1, -0.05) is 12.1 Å². The van der Waals surface area contributed by atoms with E-state index in [2.05, 4.69) is 26.2 Å². The molecule has 0 aliphatic heterocycles. The molecule has 0 aliphatic rings. The number of hydrogen-bond acceptors (Lipinski definition) is 3. The SMILES string of the molecule is Nc1ccc(CNc2ncccc2Br)cc1. The van der Waals surface area contributed by atoms with Gasteiger partial charge in [-0.05, 0) is 45.8 Å². The van der Waals surface area contributed by atoms with Gasteiger partial charge in [0.25, 0.3) is 0 Å². The number of nitrogens with zero attached hydrogens (tertiary/aromatic N) is 1. The summed E-state index contributed by atoms with van der Waals surface area (Å²) in [6.45, 7) is 0.732. The Morgan fingerprint density at radius 3 is 2.62 bits per heavy atom. The second-order valence-corrected chi connectivity index (χ2v) is 4.28. The number of halogens is 1. The molecule has 1 heterocycles. The first-order valence-corrected chi connectivity index (χ1v) is 5.74. The van der Waals surface area contributed by atoms with Crippen LogP contribution < -0.4 is 11.1 Å². The quantitative estimate of drug-likeness (QED) is 0.848. The van der Waals surface area contributed by atoms with E-state index in [1.54, 1.807) is 6.20 Å². The molecule has 2 rings (SSSR count).